The van der Waals surface area contributed by atoms with E-state index >= 15 is 0 Å². The zero-order valence-corrected chi connectivity index (χ0v) is 16.0. The Morgan fingerprint density at radius 1 is 0.963 bits per heavy atom. The Balaban J connectivity index is 1.58. The maximum absolute atomic E-state index is 4.83. The molecule has 0 radical (unpaired) electrons. The van der Waals surface area contributed by atoms with Crippen molar-refractivity contribution >= 4 is 11.8 Å². The molecule has 0 atom stereocenters. The molecule has 0 unspecified atom stereocenters. The predicted molar refractivity (Wildman–Crippen MR) is 111 cm³/mol. The third-order valence-electron chi connectivity index (χ3n) is 5.07. The first-order chi connectivity index (χ1) is 13.2. The van der Waals surface area contributed by atoms with Crippen LogP contribution in [0.5, 0.6) is 0 Å². The topological polar surface area (TPSA) is 41.1 Å². The molecule has 1 N–H and O–H groups in total. The number of anilines is 2. The molecular weight excluding hydrogens is 332 g/mol. The lowest BCUT2D eigenvalue weighted by Gasteiger charge is -2.30. The van der Waals surface area contributed by atoms with E-state index in [9.17, 15) is 0 Å². The Labute approximate surface area is 161 Å². The van der Waals surface area contributed by atoms with Crippen LogP contribution in [-0.4, -0.2) is 16.5 Å². The van der Waals surface area contributed by atoms with Gasteiger partial charge in [0.25, 0.3) is 0 Å². The molecule has 4 rings (SSSR count). The van der Waals surface area contributed by atoms with Crippen LogP contribution in [0, 0.1) is 0 Å². The predicted octanol–water partition coefficient (Wildman–Crippen LogP) is 4.77. The van der Waals surface area contributed by atoms with Crippen LogP contribution in [0.2, 0.25) is 0 Å². The van der Waals surface area contributed by atoms with Gasteiger partial charge in [-0.1, -0.05) is 68.4 Å². The number of nitrogens with one attached hydrogen (secondary N) is 1. The minimum atomic E-state index is 0.362. The van der Waals surface area contributed by atoms with Gasteiger partial charge < -0.3 is 10.2 Å². The largest absolute Gasteiger partial charge is 0.352 e. The highest BCUT2D eigenvalue weighted by molar-refractivity contribution is 5.48. The maximum Gasteiger partial charge on any atom is 0.225 e. The summed E-state index contributed by atoms with van der Waals surface area (Å²) in [6.45, 7) is 6.98. The summed E-state index contributed by atoms with van der Waals surface area (Å²) in [5.74, 6) is 2.08. The van der Waals surface area contributed by atoms with Crippen LogP contribution in [0.4, 0.5) is 11.8 Å². The molecule has 0 saturated carbocycles. The van der Waals surface area contributed by atoms with Gasteiger partial charge in [0.2, 0.25) is 5.95 Å². The van der Waals surface area contributed by atoms with Gasteiger partial charge in [-0.05, 0) is 29.0 Å². The van der Waals surface area contributed by atoms with Crippen LogP contribution in [0.15, 0.2) is 60.7 Å². The van der Waals surface area contributed by atoms with Crippen molar-refractivity contribution in [2.45, 2.75) is 39.3 Å². The molecule has 2 heterocycles. The van der Waals surface area contributed by atoms with E-state index < -0.39 is 0 Å². The molecule has 1 aromatic heterocycles. The third-order valence-corrected chi connectivity index (χ3v) is 5.07. The third kappa shape index (κ3) is 4.11. The molecule has 1 aliphatic rings. The van der Waals surface area contributed by atoms with Crippen LogP contribution in [0.25, 0.3) is 0 Å². The van der Waals surface area contributed by atoms with E-state index in [-0.39, 0.29) is 0 Å². The van der Waals surface area contributed by atoms with Gasteiger partial charge in [-0.2, -0.15) is 4.98 Å². The molecule has 0 fully saturated rings. The van der Waals surface area contributed by atoms with Gasteiger partial charge >= 0.3 is 0 Å². The van der Waals surface area contributed by atoms with Crippen molar-refractivity contribution in [2.75, 3.05) is 16.8 Å². The van der Waals surface area contributed by atoms with Crippen LogP contribution in [-0.2, 0) is 19.5 Å². The smallest absolute Gasteiger partial charge is 0.225 e. The second-order valence-corrected chi connectivity index (χ2v) is 7.41. The summed E-state index contributed by atoms with van der Waals surface area (Å²) in [6, 6.07) is 21.2. The first-order valence-corrected chi connectivity index (χ1v) is 9.67. The average Bonchev–Trinajstić information content (AvgIpc) is 2.72. The lowest BCUT2D eigenvalue weighted by Crippen LogP contribution is -2.31. The van der Waals surface area contributed by atoms with E-state index in [1.54, 1.807) is 0 Å². The summed E-state index contributed by atoms with van der Waals surface area (Å²) in [4.78, 5) is 11.9. The summed E-state index contributed by atoms with van der Waals surface area (Å²) >= 11 is 0. The molecule has 2 aromatic carbocycles. The number of aromatic nitrogens is 2. The standard InChI is InChI=1S/C23H26N4/c1-17(2)21-14-22(27-13-12-19-10-6-7-11-20(19)16-27)26-23(25-21)24-15-18-8-4-3-5-9-18/h3-11,14,17H,12-13,15-16H2,1-2H3,(H,24,25,26). The molecule has 3 aromatic rings. The summed E-state index contributed by atoms with van der Waals surface area (Å²) < 4.78 is 0. The maximum atomic E-state index is 4.83. The molecule has 0 bridgehead atoms. The average molecular weight is 358 g/mol. The molecule has 138 valence electrons. The van der Waals surface area contributed by atoms with Crippen molar-refractivity contribution in [1.82, 2.24) is 9.97 Å². The normalized spacial score (nSPS) is 13.5. The second-order valence-electron chi connectivity index (χ2n) is 7.41. The van der Waals surface area contributed by atoms with E-state index in [4.69, 9.17) is 9.97 Å². The Hall–Kier alpha value is -2.88. The molecule has 27 heavy (non-hydrogen) atoms. The highest BCUT2D eigenvalue weighted by atomic mass is 15.2. The van der Waals surface area contributed by atoms with E-state index in [1.165, 1.54) is 16.7 Å². The van der Waals surface area contributed by atoms with Crippen molar-refractivity contribution in [3.8, 4) is 0 Å². The zero-order valence-electron chi connectivity index (χ0n) is 16.0. The van der Waals surface area contributed by atoms with Crippen LogP contribution in [0.3, 0.4) is 0 Å². The minimum absolute atomic E-state index is 0.362. The van der Waals surface area contributed by atoms with E-state index in [2.05, 4.69) is 78.7 Å². The molecule has 4 heteroatoms. The molecule has 1 aliphatic heterocycles. The molecule has 4 nitrogen and oxygen atoms in total. The van der Waals surface area contributed by atoms with Gasteiger partial charge in [-0.3, -0.25) is 0 Å². The first kappa shape index (κ1) is 17.5. The monoisotopic (exact) mass is 358 g/mol. The fourth-order valence-electron chi connectivity index (χ4n) is 3.46. The fraction of sp³-hybridized carbons (Fsp3) is 0.304. The Morgan fingerprint density at radius 3 is 2.48 bits per heavy atom. The van der Waals surface area contributed by atoms with Crippen molar-refractivity contribution in [3.63, 3.8) is 0 Å². The van der Waals surface area contributed by atoms with Crippen molar-refractivity contribution in [1.29, 1.82) is 0 Å². The van der Waals surface area contributed by atoms with E-state index in [1.807, 2.05) is 6.07 Å². The van der Waals surface area contributed by atoms with Crippen LogP contribution in [0.1, 0.15) is 42.1 Å². The van der Waals surface area contributed by atoms with Crippen molar-refractivity contribution < 1.29 is 0 Å². The molecular formula is C23H26N4. The summed E-state index contributed by atoms with van der Waals surface area (Å²) in [6.07, 6.45) is 1.06. The number of fused-ring (bicyclic) bond motifs is 1. The van der Waals surface area contributed by atoms with Crippen LogP contribution >= 0.6 is 0 Å². The number of benzene rings is 2. The van der Waals surface area contributed by atoms with Crippen molar-refractivity contribution in [2.24, 2.45) is 0 Å². The van der Waals surface area contributed by atoms with Gasteiger partial charge in [0.1, 0.15) is 5.82 Å². The SMILES string of the molecule is CC(C)c1cc(N2CCc3ccccc3C2)nc(NCc2ccccc2)n1. The fourth-order valence-corrected chi connectivity index (χ4v) is 3.46. The second kappa shape index (κ2) is 7.78. The Bertz CT molecular complexity index is 905. The Morgan fingerprint density at radius 2 is 1.70 bits per heavy atom. The van der Waals surface area contributed by atoms with Gasteiger partial charge in [0, 0.05) is 25.7 Å². The minimum Gasteiger partial charge on any atom is -0.352 e. The zero-order chi connectivity index (χ0) is 18.6. The van der Waals surface area contributed by atoms with Gasteiger partial charge in [-0.25, -0.2) is 4.98 Å². The Kier molecular flexibility index (Phi) is 5.05. The highest BCUT2D eigenvalue weighted by Gasteiger charge is 2.19. The number of nitrogens with zero attached hydrogens (tertiary/aromatic N) is 3. The highest BCUT2D eigenvalue weighted by Crippen LogP contribution is 2.26. The lowest BCUT2D eigenvalue weighted by atomic mass is 10.00. The van der Waals surface area contributed by atoms with Crippen molar-refractivity contribution in [3.05, 3.63) is 83.0 Å². The summed E-state index contributed by atoms with van der Waals surface area (Å²) in [7, 11) is 0. The van der Waals surface area contributed by atoms with Gasteiger partial charge in [-0.15, -0.1) is 0 Å². The summed E-state index contributed by atoms with van der Waals surface area (Å²) in [5, 5.41) is 3.41. The van der Waals surface area contributed by atoms with Gasteiger partial charge in [0.15, 0.2) is 0 Å². The van der Waals surface area contributed by atoms with Crippen LogP contribution < -0.4 is 10.2 Å². The first-order valence-electron chi connectivity index (χ1n) is 9.67. The number of hydrogen-bond acceptors (Lipinski definition) is 4. The van der Waals surface area contributed by atoms with E-state index in [0.29, 0.717) is 11.9 Å². The molecule has 0 spiro atoms. The number of rotatable bonds is 5. The quantitative estimate of drug-likeness (QED) is 0.713. The number of hydrogen-bond donors (Lipinski definition) is 1. The van der Waals surface area contributed by atoms with E-state index in [0.717, 1.165) is 37.6 Å². The van der Waals surface area contributed by atoms with Gasteiger partial charge in [0.05, 0.1) is 5.69 Å². The molecule has 0 saturated heterocycles. The summed E-state index contributed by atoms with van der Waals surface area (Å²) in [5.41, 5.74) is 5.15. The molecule has 0 amide bonds. The molecule has 0 aliphatic carbocycles. The lowest BCUT2D eigenvalue weighted by molar-refractivity contribution is 0.713.